The van der Waals surface area contributed by atoms with Crippen LogP contribution in [-0.2, 0) is 9.47 Å². The zero-order valence-corrected chi connectivity index (χ0v) is 11.1. The van der Waals surface area contributed by atoms with E-state index in [0.29, 0.717) is 6.42 Å². The van der Waals surface area contributed by atoms with Crippen LogP contribution in [0.5, 0.6) is 0 Å². The van der Waals surface area contributed by atoms with E-state index in [-0.39, 0.29) is 18.3 Å². The van der Waals surface area contributed by atoms with Crippen molar-refractivity contribution in [3.05, 3.63) is 24.8 Å². The molecule has 1 heterocycles. The van der Waals surface area contributed by atoms with Crippen LogP contribution in [0.2, 0.25) is 0 Å². The molecule has 3 atom stereocenters. The maximum Gasteiger partial charge on any atom is 0.164 e. The molecule has 17 heavy (non-hydrogen) atoms. The highest BCUT2D eigenvalue weighted by Crippen LogP contribution is 2.31. The molecule has 0 aliphatic carbocycles. The third-order valence-corrected chi connectivity index (χ3v) is 2.68. The Bertz CT molecular complexity index is 269. The maximum atomic E-state index is 9.20. The van der Waals surface area contributed by atoms with Crippen LogP contribution in [0.4, 0.5) is 0 Å². The van der Waals surface area contributed by atoms with Gasteiger partial charge in [0.15, 0.2) is 5.79 Å². The Morgan fingerprint density at radius 1 is 1.41 bits per heavy atom. The van der Waals surface area contributed by atoms with Crippen LogP contribution in [0.3, 0.4) is 0 Å². The van der Waals surface area contributed by atoms with Crippen molar-refractivity contribution in [1.29, 1.82) is 0 Å². The first-order chi connectivity index (χ1) is 7.94. The van der Waals surface area contributed by atoms with Crippen LogP contribution in [-0.4, -0.2) is 29.2 Å². The summed E-state index contributed by atoms with van der Waals surface area (Å²) in [7, 11) is 0. The Kier molecular flexibility index (Phi) is 5.37. The van der Waals surface area contributed by atoms with Gasteiger partial charge in [-0.25, -0.2) is 0 Å². The lowest BCUT2D eigenvalue weighted by molar-refractivity contribution is -0.143. The van der Waals surface area contributed by atoms with E-state index in [9.17, 15) is 5.11 Å². The Balaban J connectivity index is 2.54. The predicted octanol–water partition coefficient (Wildman–Crippen LogP) is 2.80. The molecule has 1 fully saturated rings. The molecule has 98 valence electrons. The van der Waals surface area contributed by atoms with Crippen molar-refractivity contribution >= 4 is 0 Å². The molecule has 0 spiro atoms. The Hall–Kier alpha value is -0.640. The Morgan fingerprint density at radius 3 is 2.71 bits per heavy atom. The lowest BCUT2D eigenvalue weighted by Crippen LogP contribution is -2.21. The van der Waals surface area contributed by atoms with Gasteiger partial charge in [0.2, 0.25) is 0 Å². The summed E-state index contributed by atoms with van der Waals surface area (Å²) in [5, 5.41) is 9.20. The maximum absolute atomic E-state index is 9.20. The van der Waals surface area contributed by atoms with Gasteiger partial charge in [0.1, 0.15) is 6.10 Å². The second-order valence-electron chi connectivity index (χ2n) is 5.02. The van der Waals surface area contributed by atoms with E-state index in [0.717, 1.165) is 12.8 Å². The van der Waals surface area contributed by atoms with E-state index in [4.69, 9.17) is 9.47 Å². The monoisotopic (exact) mass is 240 g/mol. The number of rotatable bonds is 6. The van der Waals surface area contributed by atoms with Crippen LogP contribution in [0.1, 0.15) is 40.0 Å². The number of aliphatic hydroxyl groups is 1. The fourth-order valence-corrected chi connectivity index (χ4v) is 1.94. The van der Waals surface area contributed by atoms with Gasteiger partial charge in [0, 0.05) is 0 Å². The largest absolute Gasteiger partial charge is 0.393 e. The van der Waals surface area contributed by atoms with Gasteiger partial charge < -0.3 is 14.6 Å². The highest BCUT2D eigenvalue weighted by Gasteiger charge is 2.39. The molecule has 1 rings (SSSR count). The SMILES string of the molecule is C=CCC[C@@H]1OC(C)(C)O[C@@H]1/C=C/C[C@H](C)O. The molecule has 3 heteroatoms. The quantitative estimate of drug-likeness (QED) is 0.726. The van der Waals surface area contributed by atoms with E-state index < -0.39 is 5.79 Å². The molecule has 0 aromatic carbocycles. The molecule has 0 aromatic heterocycles. The van der Waals surface area contributed by atoms with E-state index in [1.165, 1.54) is 0 Å². The van der Waals surface area contributed by atoms with E-state index in [1.807, 2.05) is 32.1 Å². The van der Waals surface area contributed by atoms with E-state index in [2.05, 4.69) is 6.58 Å². The highest BCUT2D eigenvalue weighted by atomic mass is 16.7. The minimum Gasteiger partial charge on any atom is -0.393 e. The number of ether oxygens (including phenoxy) is 2. The third kappa shape index (κ3) is 5.02. The summed E-state index contributed by atoms with van der Waals surface area (Å²) in [5.74, 6) is -0.522. The van der Waals surface area contributed by atoms with Crippen molar-refractivity contribution in [3.8, 4) is 0 Å². The summed E-state index contributed by atoms with van der Waals surface area (Å²) in [6.45, 7) is 9.35. The topological polar surface area (TPSA) is 38.7 Å². The van der Waals surface area contributed by atoms with Gasteiger partial charge in [-0.05, 0) is 40.0 Å². The standard InChI is InChI=1S/C14H24O3/c1-5-6-9-12-13(10-7-8-11(2)15)17-14(3,4)16-12/h5,7,10-13,15H,1,6,8-9H2,2-4H3/b10-7+/t11-,12-,13+/m0/s1. The second kappa shape index (κ2) is 6.34. The normalized spacial score (nSPS) is 29.6. The lowest BCUT2D eigenvalue weighted by atomic mass is 10.1. The molecular formula is C14H24O3. The zero-order valence-electron chi connectivity index (χ0n) is 11.1. The van der Waals surface area contributed by atoms with Crippen molar-refractivity contribution in [2.75, 3.05) is 0 Å². The molecule has 0 unspecified atom stereocenters. The summed E-state index contributed by atoms with van der Waals surface area (Å²) >= 11 is 0. The minimum atomic E-state index is -0.522. The van der Waals surface area contributed by atoms with Crippen molar-refractivity contribution in [2.45, 2.75) is 64.1 Å². The van der Waals surface area contributed by atoms with E-state index in [1.54, 1.807) is 6.92 Å². The van der Waals surface area contributed by atoms with Gasteiger partial charge in [-0.15, -0.1) is 6.58 Å². The summed E-state index contributed by atoms with van der Waals surface area (Å²) in [6.07, 6.45) is 8.07. The number of hydrogen-bond acceptors (Lipinski definition) is 3. The average Bonchev–Trinajstić information content (AvgIpc) is 2.50. The number of hydrogen-bond donors (Lipinski definition) is 1. The fourth-order valence-electron chi connectivity index (χ4n) is 1.94. The van der Waals surface area contributed by atoms with Crippen LogP contribution in [0.15, 0.2) is 24.8 Å². The van der Waals surface area contributed by atoms with Crippen molar-refractivity contribution in [1.82, 2.24) is 0 Å². The molecule has 0 aromatic rings. The summed E-state index contributed by atoms with van der Waals surface area (Å²) in [6, 6.07) is 0. The third-order valence-electron chi connectivity index (χ3n) is 2.68. The summed E-state index contributed by atoms with van der Waals surface area (Å²) in [5.41, 5.74) is 0. The van der Waals surface area contributed by atoms with Gasteiger partial charge in [-0.3, -0.25) is 0 Å². The van der Waals surface area contributed by atoms with Gasteiger partial charge in [-0.1, -0.05) is 18.2 Å². The fraction of sp³-hybridized carbons (Fsp3) is 0.714. The molecule has 3 nitrogen and oxygen atoms in total. The molecule has 0 bridgehead atoms. The van der Waals surface area contributed by atoms with Gasteiger partial charge >= 0.3 is 0 Å². The minimum absolute atomic E-state index is 0.0244. The molecule has 1 aliphatic heterocycles. The van der Waals surface area contributed by atoms with Crippen LogP contribution >= 0.6 is 0 Å². The number of allylic oxidation sites excluding steroid dienone is 1. The molecule has 1 saturated heterocycles. The van der Waals surface area contributed by atoms with Crippen LogP contribution in [0.25, 0.3) is 0 Å². The first-order valence-electron chi connectivity index (χ1n) is 6.26. The van der Waals surface area contributed by atoms with Crippen LogP contribution in [0, 0.1) is 0 Å². The van der Waals surface area contributed by atoms with Gasteiger partial charge in [-0.2, -0.15) is 0 Å². The summed E-state index contributed by atoms with van der Waals surface area (Å²) in [4.78, 5) is 0. The second-order valence-corrected chi connectivity index (χ2v) is 5.02. The summed E-state index contributed by atoms with van der Waals surface area (Å²) < 4.78 is 11.7. The molecule has 1 aliphatic rings. The molecule has 0 saturated carbocycles. The zero-order chi connectivity index (χ0) is 12.9. The number of aliphatic hydroxyl groups excluding tert-OH is 1. The Morgan fingerprint density at radius 2 is 2.12 bits per heavy atom. The van der Waals surface area contributed by atoms with Crippen molar-refractivity contribution < 1.29 is 14.6 Å². The molecular weight excluding hydrogens is 216 g/mol. The first-order valence-corrected chi connectivity index (χ1v) is 6.26. The molecule has 0 radical (unpaired) electrons. The highest BCUT2D eigenvalue weighted by molar-refractivity contribution is 4.99. The smallest absolute Gasteiger partial charge is 0.164 e. The van der Waals surface area contributed by atoms with Crippen molar-refractivity contribution in [2.24, 2.45) is 0 Å². The van der Waals surface area contributed by atoms with E-state index >= 15 is 0 Å². The molecule has 1 N–H and O–H groups in total. The average molecular weight is 240 g/mol. The molecule has 0 amide bonds. The van der Waals surface area contributed by atoms with Crippen LogP contribution < -0.4 is 0 Å². The predicted molar refractivity (Wildman–Crippen MR) is 68.7 cm³/mol. The lowest BCUT2D eigenvalue weighted by Gasteiger charge is -2.16. The van der Waals surface area contributed by atoms with Gasteiger partial charge in [0.25, 0.3) is 0 Å². The van der Waals surface area contributed by atoms with Crippen molar-refractivity contribution in [3.63, 3.8) is 0 Å². The van der Waals surface area contributed by atoms with Gasteiger partial charge in [0.05, 0.1) is 12.2 Å². The Labute approximate surface area is 104 Å². The first kappa shape index (κ1) is 14.4.